The van der Waals surface area contributed by atoms with Gasteiger partial charge in [0.15, 0.2) is 16.0 Å². The molecule has 0 aromatic heterocycles. The fourth-order valence-electron chi connectivity index (χ4n) is 5.68. The van der Waals surface area contributed by atoms with Crippen LogP contribution in [0, 0.1) is 16.7 Å². The van der Waals surface area contributed by atoms with E-state index in [0.29, 0.717) is 25.7 Å². The molecule has 1 aliphatic heterocycles. The lowest BCUT2D eigenvalue weighted by atomic mass is 9.64. The van der Waals surface area contributed by atoms with E-state index in [1.807, 2.05) is 13.8 Å². The Morgan fingerprint density at radius 2 is 1.78 bits per heavy atom. The van der Waals surface area contributed by atoms with Crippen molar-refractivity contribution >= 4 is 21.6 Å². The zero-order valence-electron chi connectivity index (χ0n) is 18.8. The van der Waals surface area contributed by atoms with Crippen molar-refractivity contribution in [3.63, 3.8) is 0 Å². The molecule has 2 bridgehead atoms. The number of aliphatic imine (C=N–C) groups is 1. The van der Waals surface area contributed by atoms with Gasteiger partial charge in [0.05, 0.1) is 22.9 Å². The van der Waals surface area contributed by atoms with Crippen molar-refractivity contribution in [1.29, 1.82) is 0 Å². The molecule has 1 unspecified atom stereocenters. The highest BCUT2D eigenvalue weighted by Gasteiger charge is 2.68. The molecule has 32 heavy (non-hydrogen) atoms. The summed E-state index contributed by atoms with van der Waals surface area (Å²) < 4.78 is 70.4. The van der Waals surface area contributed by atoms with Crippen LogP contribution in [0.5, 0.6) is 0 Å². The van der Waals surface area contributed by atoms with Crippen molar-refractivity contribution in [3.8, 4) is 0 Å². The average molecular weight is 476 g/mol. The van der Waals surface area contributed by atoms with Crippen molar-refractivity contribution < 1.29 is 26.4 Å². The third-order valence-corrected chi connectivity index (χ3v) is 9.58. The minimum atomic E-state index is -4.00. The standard InChI is InChI=1S/C22H32F3N3O3S/c1-14(22(24,25)19(23)21-7-5-16(6-8-21)20(21,3)4)17(13-27-15(2)26)18(29)28-9-11-32(30,31)12-10-28/h13,16,19H,1,5-12H2,2-4H3,(H2,26,27)/b17-13+/t16-,19?,21-. The molecular formula is C22H32F3N3O3S. The highest BCUT2D eigenvalue weighted by Crippen LogP contribution is 2.69. The number of amides is 1. The number of carbonyl (C=O) groups excluding carboxylic acids is 1. The van der Waals surface area contributed by atoms with E-state index in [2.05, 4.69) is 11.6 Å². The first-order chi connectivity index (χ1) is 14.7. The van der Waals surface area contributed by atoms with Crippen LogP contribution in [0.3, 0.4) is 0 Å². The fraction of sp³-hybridized carbons (Fsp3) is 0.727. The van der Waals surface area contributed by atoms with Crippen molar-refractivity contribution in [2.45, 2.75) is 58.5 Å². The lowest BCUT2D eigenvalue weighted by Crippen LogP contribution is -2.51. The molecule has 1 heterocycles. The second kappa shape index (κ2) is 8.18. The molecule has 0 aromatic carbocycles. The number of hydrogen-bond donors (Lipinski definition) is 1. The van der Waals surface area contributed by atoms with E-state index in [0.717, 1.165) is 11.1 Å². The number of amidine groups is 1. The Morgan fingerprint density at radius 3 is 2.22 bits per heavy atom. The molecule has 2 N–H and O–H groups in total. The van der Waals surface area contributed by atoms with Gasteiger partial charge < -0.3 is 10.6 Å². The van der Waals surface area contributed by atoms with Crippen LogP contribution >= 0.6 is 0 Å². The Bertz CT molecular complexity index is 946. The summed E-state index contributed by atoms with van der Waals surface area (Å²) in [4.78, 5) is 18.0. The third-order valence-electron chi connectivity index (χ3n) is 7.97. The minimum Gasteiger partial charge on any atom is -0.387 e. The zero-order chi connectivity index (χ0) is 24.1. The smallest absolute Gasteiger partial charge is 0.304 e. The summed E-state index contributed by atoms with van der Waals surface area (Å²) >= 11 is 0. The molecule has 0 aromatic rings. The second-order valence-electron chi connectivity index (χ2n) is 9.87. The molecule has 1 saturated heterocycles. The van der Waals surface area contributed by atoms with Crippen LogP contribution in [0.1, 0.15) is 46.5 Å². The number of nitrogens with two attached hydrogens (primary N) is 1. The van der Waals surface area contributed by atoms with E-state index in [-0.39, 0.29) is 36.3 Å². The molecule has 180 valence electrons. The Hall–Kier alpha value is -1.84. The Labute approximate surface area is 187 Å². The molecule has 2 aliphatic carbocycles. The molecule has 10 heteroatoms. The minimum absolute atomic E-state index is 0.0265. The molecule has 3 aliphatic rings. The first kappa shape index (κ1) is 24.8. The number of hydrogen-bond acceptors (Lipinski definition) is 4. The van der Waals surface area contributed by atoms with Gasteiger partial charge in [0, 0.05) is 30.3 Å². The number of rotatable bonds is 6. The van der Waals surface area contributed by atoms with Crippen molar-refractivity contribution in [2.75, 3.05) is 24.6 Å². The fourth-order valence-corrected chi connectivity index (χ4v) is 6.88. The van der Waals surface area contributed by atoms with Crippen LogP contribution in [-0.2, 0) is 14.6 Å². The van der Waals surface area contributed by atoms with Gasteiger partial charge in [-0.15, -0.1) is 0 Å². The van der Waals surface area contributed by atoms with Crippen LogP contribution in [0.15, 0.2) is 28.9 Å². The molecule has 6 nitrogen and oxygen atoms in total. The number of fused-ring (bicyclic) bond motifs is 2. The van der Waals surface area contributed by atoms with E-state index < -0.39 is 49.8 Å². The number of sulfone groups is 1. The summed E-state index contributed by atoms with van der Waals surface area (Å²) in [5.41, 5.74) is 2.24. The Balaban J connectivity index is 1.93. The summed E-state index contributed by atoms with van der Waals surface area (Å²) in [7, 11) is -3.29. The van der Waals surface area contributed by atoms with E-state index in [1.54, 1.807) is 0 Å². The van der Waals surface area contributed by atoms with E-state index in [1.165, 1.54) is 6.92 Å². The quantitative estimate of drug-likeness (QED) is 0.276. The van der Waals surface area contributed by atoms with Crippen molar-refractivity contribution in [3.05, 3.63) is 23.9 Å². The number of carbonyl (C=O) groups is 1. The normalized spacial score (nSPS) is 30.9. The van der Waals surface area contributed by atoms with Crippen LogP contribution < -0.4 is 5.73 Å². The molecule has 0 radical (unpaired) electrons. The van der Waals surface area contributed by atoms with Gasteiger partial charge in [-0.25, -0.2) is 17.8 Å². The van der Waals surface area contributed by atoms with Gasteiger partial charge in [-0.2, -0.15) is 8.78 Å². The van der Waals surface area contributed by atoms with Crippen molar-refractivity contribution in [2.24, 2.45) is 27.5 Å². The SMILES string of the molecule is C=C(/C(=C\N=C(/C)N)C(=O)N1CCS(=O)(=O)CC1)C(F)(F)C(F)[C@]12CC[C@@H](CC1)C2(C)C. The number of halogens is 3. The van der Waals surface area contributed by atoms with Crippen molar-refractivity contribution in [1.82, 2.24) is 4.90 Å². The summed E-state index contributed by atoms with van der Waals surface area (Å²) in [6.07, 6.45) is 0.522. The van der Waals surface area contributed by atoms with Gasteiger partial charge in [0.2, 0.25) is 0 Å². The van der Waals surface area contributed by atoms with Gasteiger partial charge in [0.25, 0.3) is 5.91 Å². The highest BCUT2D eigenvalue weighted by atomic mass is 32.2. The first-order valence-corrected chi connectivity index (χ1v) is 12.7. The molecule has 1 atom stereocenters. The topological polar surface area (TPSA) is 92.8 Å². The lowest BCUT2D eigenvalue weighted by molar-refractivity contribution is -0.131. The molecule has 1 amide bonds. The molecule has 0 spiro atoms. The average Bonchev–Trinajstić information content (AvgIpc) is 3.12. The number of nitrogens with zero attached hydrogens (tertiary/aromatic N) is 2. The van der Waals surface area contributed by atoms with Crippen LogP contribution in [0.25, 0.3) is 0 Å². The molecular weight excluding hydrogens is 443 g/mol. The lowest BCUT2D eigenvalue weighted by Gasteiger charge is -2.44. The maximum Gasteiger partial charge on any atom is 0.304 e. The van der Waals surface area contributed by atoms with Gasteiger partial charge in [-0.3, -0.25) is 4.79 Å². The van der Waals surface area contributed by atoms with Crippen LogP contribution in [-0.4, -0.2) is 61.7 Å². The van der Waals surface area contributed by atoms with E-state index in [9.17, 15) is 13.2 Å². The molecule has 2 saturated carbocycles. The zero-order valence-corrected chi connectivity index (χ0v) is 19.7. The highest BCUT2D eigenvalue weighted by molar-refractivity contribution is 7.91. The summed E-state index contributed by atoms with van der Waals surface area (Å²) in [6.45, 7) is 8.27. The van der Waals surface area contributed by atoms with E-state index >= 15 is 13.2 Å². The van der Waals surface area contributed by atoms with Gasteiger partial charge in [-0.05, 0) is 43.9 Å². The first-order valence-electron chi connectivity index (χ1n) is 10.9. The Morgan fingerprint density at radius 1 is 1.25 bits per heavy atom. The summed E-state index contributed by atoms with van der Waals surface area (Å²) in [5.74, 6) is -5.16. The largest absolute Gasteiger partial charge is 0.387 e. The van der Waals surface area contributed by atoms with Crippen LogP contribution in [0.2, 0.25) is 0 Å². The predicted octanol–water partition coefficient (Wildman–Crippen LogP) is 3.25. The van der Waals surface area contributed by atoms with Gasteiger partial charge >= 0.3 is 5.92 Å². The molecule has 3 rings (SSSR count). The van der Waals surface area contributed by atoms with E-state index in [4.69, 9.17) is 5.73 Å². The third kappa shape index (κ3) is 3.99. The van der Waals surface area contributed by atoms with Gasteiger partial charge in [-0.1, -0.05) is 20.4 Å². The molecule has 3 fully saturated rings. The predicted molar refractivity (Wildman–Crippen MR) is 118 cm³/mol. The maximum absolute atomic E-state index is 15.8. The second-order valence-corrected chi connectivity index (χ2v) is 12.2. The summed E-state index contributed by atoms with van der Waals surface area (Å²) in [6, 6.07) is 0. The monoisotopic (exact) mass is 475 g/mol. The maximum atomic E-state index is 15.8. The van der Waals surface area contributed by atoms with Crippen LogP contribution in [0.4, 0.5) is 13.2 Å². The number of alkyl halides is 3. The van der Waals surface area contributed by atoms with Gasteiger partial charge in [0.1, 0.15) is 0 Å². The Kier molecular flexibility index (Phi) is 6.34. The summed E-state index contributed by atoms with van der Waals surface area (Å²) in [5, 5.41) is 0.